The minimum absolute atomic E-state index is 0.172. The van der Waals surface area contributed by atoms with E-state index in [0.717, 1.165) is 12.1 Å². The van der Waals surface area contributed by atoms with Gasteiger partial charge in [-0.25, -0.2) is 0 Å². The first-order valence-corrected chi connectivity index (χ1v) is 5.77. The van der Waals surface area contributed by atoms with Gasteiger partial charge in [0.05, 0.1) is 5.56 Å². The lowest BCUT2D eigenvalue weighted by atomic mass is 9.96. The van der Waals surface area contributed by atoms with Gasteiger partial charge in [0.1, 0.15) is 0 Å². The summed E-state index contributed by atoms with van der Waals surface area (Å²) in [7, 11) is 1.33. The van der Waals surface area contributed by atoms with Crippen molar-refractivity contribution in [1.29, 1.82) is 0 Å². The minimum Gasteiger partial charge on any atom is -0.365 e. The molecule has 6 heteroatoms. The SMILES string of the molecule is COC(C=O)(CBr)c1ccc(C(F)(F)F)cc1. The number of aldehydes is 1. The third-order valence-electron chi connectivity index (χ3n) is 2.45. The molecule has 0 aliphatic carbocycles. The van der Waals surface area contributed by atoms with Crippen molar-refractivity contribution in [2.75, 3.05) is 12.4 Å². The summed E-state index contributed by atoms with van der Waals surface area (Å²) in [5.74, 6) is 0. The highest BCUT2D eigenvalue weighted by Gasteiger charge is 2.33. The summed E-state index contributed by atoms with van der Waals surface area (Å²) in [5.41, 5.74) is -1.63. The largest absolute Gasteiger partial charge is 0.416 e. The number of carbonyl (C=O) groups excluding carboxylic acids is 1. The average molecular weight is 311 g/mol. The standard InChI is InChI=1S/C11H10BrF3O2/c1-17-10(6-12,7-16)8-2-4-9(5-3-8)11(13,14)15/h2-5,7H,6H2,1H3. The van der Waals surface area contributed by atoms with Crippen LogP contribution in [-0.4, -0.2) is 18.7 Å². The van der Waals surface area contributed by atoms with Crippen molar-refractivity contribution in [3.05, 3.63) is 35.4 Å². The van der Waals surface area contributed by atoms with Crippen LogP contribution in [0, 0.1) is 0 Å². The highest BCUT2D eigenvalue weighted by Crippen LogP contribution is 2.32. The molecule has 1 aromatic carbocycles. The zero-order valence-corrected chi connectivity index (χ0v) is 10.5. The Labute approximate surface area is 105 Å². The summed E-state index contributed by atoms with van der Waals surface area (Å²) in [6.45, 7) is 0. The lowest BCUT2D eigenvalue weighted by Gasteiger charge is -2.24. The second-order valence-corrected chi connectivity index (χ2v) is 3.98. The van der Waals surface area contributed by atoms with Crippen LogP contribution in [0.1, 0.15) is 11.1 Å². The molecule has 0 amide bonds. The van der Waals surface area contributed by atoms with Crippen LogP contribution in [0.25, 0.3) is 0 Å². The Morgan fingerprint density at radius 1 is 1.24 bits per heavy atom. The fourth-order valence-corrected chi connectivity index (χ4v) is 2.02. The van der Waals surface area contributed by atoms with Crippen molar-refractivity contribution in [3.8, 4) is 0 Å². The Balaban J connectivity index is 3.13. The summed E-state index contributed by atoms with van der Waals surface area (Å²) in [5, 5.41) is 0.172. The van der Waals surface area contributed by atoms with Crippen LogP contribution in [-0.2, 0) is 21.3 Å². The molecule has 94 valence electrons. The molecular weight excluding hydrogens is 301 g/mol. The quantitative estimate of drug-likeness (QED) is 0.631. The molecule has 0 aliphatic rings. The molecule has 0 heterocycles. The molecule has 0 bridgehead atoms. The molecule has 0 spiro atoms. The molecular formula is C11H10BrF3O2. The number of hydrogen-bond acceptors (Lipinski definition) is 2. The van der Waals surface area contributed by atoms with Crippen molar-refractivity contribution >= 4 is 22.2 Å². The van der Waals surface area contributed by atoms with E-state index in [1.54, 1.807) is 0 Å². The Morgan fingerprint density at radius 2 is 1.71 bits per heavy atom. The predicted octanol–water partition coefficient (Wildman–Crippen LogP) is 3.14. The number of hydrogen-bond donors (Lipinski definition) is 0. The smallest absolute Gasteiger partial charge is 0.365 e. The third kappa shape index (κ3) is 2.87. The van der Waals surface area contributed by atoms with Gasteiger partial charge in [-0.15, -0.1) is 0 Å². The van der Waals surface area contributed by atoms with Crippen LogP contribution < -0.4 is 0 Å². The molecule has 1 atom stereocenters. The van der Waals surface area contributed by atoms with E-state index < -0.39 is 17.3 Å². The van der Waals surface area contributed by atoms with E-state index in [4.69, 9.17) is 4.74 Å². The molecule has 0 fully saturated rings. The number of alkyl halides is 4. The van der Waals surface area contributed by atoms with Crippen LogP contribution in [0.4, 0.5) is 13.2 Å². The van der Waals surface area contributed by atoms with Gasteiger partial charge in [0, 0.05) is 12.4 Å². The van der Waals surface area contributed by atoms with Crippen molar-refractivity contribution in [1.82, 2.24) is 0 Å². The van der Waals surface area contributed by atoms with E-state index in [0.29, 0.717) is 11.8 Å². The van der Waals surface area contributed by atoms with Gasteiger partial charge in [-0.1, -0.05) is 28.1 Å². The van der Waals surface area contributed by atoms with E-state index in [1.807, 2.05) is 0 Å². The van der Waals surface area contributed by atoms with E-state index in [2.05, 4.69) is 15.9 Å². The Kier molecular flexibility index (Phi) is 4.32. The zero-order chi connectivity index (χ0) is 13.1. The first kappa shape index (κ1) is 14.2. The maximum absolute atomic E-state index is 12.4. The lowest BCUT2D eigenvalue weighted by Crippen LogP contribution is -2.32. The number of methoxy groups -OCH3 is 1. The highest BCUT2D eigenvalue weighted by atomic mass is 79.9. The van der Waals surface area contributed by atoms with Gasteiger partial charge in [-0.2, -0.15) is 13.2 Å². The number of benzene rings is 1. The normalized spacial score (nSPS) is 15.4. The van der Waals surface area contributed by atoms with Crippen molar-refractivity contribution < 1.29 is 22.7 Å². The number of ether oxygens (including phenoxy) is 1. The summed E-state index contributed by atoms with van der Waals surface area (Å²) < 4.78 is 42.1. The number of rotatable bonds is 4. The molecule has 0 radical (unpaired) electrons. The summed E-state index contributed by atoms with van der Waals surface area (Å²) in [6.07, 6.45) is -3.83. The van der Waals surface area contributed by atoms with Crippen LogP contribution in [0.5, 0.6) is 0 Å². The van der Waals surface area contributed by atoms with E-state index in [9.17, 15) is 18.0 Å². The van der Waals surface area contributed by atoms with E-state index in [1.165, 1.54) is 19.2 Å². The number of carbonyl (C=O) groups is 1. The summed E-state index contributed by atoms with van der Waals surface area (Å²) in [4.78, 5) is 11.0. The van der Waals surface area contributed by atoms with Crippen LogP contribution >= 0.6 is 15.9 Å². The van der Waals surface area contributed by atoms with Gasteiger partial charge in [0.15, 0.2) is 11.9 Å². The van der Waals surface area contributed by atoms with Crippen molar-refractivity contribution in [2.45, 2.75) is 11.8 Å². The molecule has 1 rings (SSSR count). The predicted molar refractivity (Wildman–Crippen MR) is 60.0 cm³/mol. The van der Waals surface area contributed by atoms with Crippen molar-refractivity contribution in [2.24, 2.45) is 0 Å². The van der Waals surface area contributed by atoms with Gasteiger partial charge in [-0.05, 0) is 17.7 Å². The van der Waals surface area contributed by atoms with Gasteiger partial charge < -0.3 is 4.74 Å². The fraction of sp³-hybridized carbons (Fsp3) is 0.364. The fourth-order valence-electron chi connectivity index (χ4n) is 1.34. The second-order valence-electron chi connectivity index (χ2n) is 3.42. The summed E-state index contributed by atoms with van der Waals surface area (Å²) >= 11 is 3.11. The number of halogens is 4. The third-order valence-corrected chi connectivity index (χ3v) is 3.29. The monoisotopic (exact) mass is 310 g/mol. The molecule has 0 N–H and O–H groups in total. The van der Waals surface area contributed by atoms with Crippen LogP contribution in [0.2, 0.25) is 0 Å². The van der Waals surface area contributed by atoms with Crippen LogP contribution in [0.15, 0.2) is 24.3 Å². The molecule has 0 saturated heterocycles. The van der Waals surface area contributed by atoms with E-state index >= 15 is 0 Å². The van der Waals surface area contributed by atoms with E-state index in [-0.39, 0.29) is 5.33 Å². The first-order chi connectivity index (χ1) is 7.89. The molecule has 0 aromatic heterocycles. The second kappa shape index (κ2) is 5.18. The average Bonchev–Trinajstić information content (AvgIpc) is 2.32. The maximum Gasteiger partial charge on any atom is 0.416 e. The molecule has 17 heavy (non-hydrogen) atoms. The van der Waals surface area contributed by atoms with Crippen molar-refractivity contribution in [3.63, 3.8) is 0 Å². The van der Waals surface area contributed by atoms with Gasteiger partial charge in [0.25, 0.3) is 0 Å². The van der Waals surface area contributed by atoms with Gasteiger partial charge >= 0.3 is 6.18 Å². The molecule has 0 aliphatic heterocycles. The zero-order valence-electron chi connectivity index (χ0n) is 8.92. The topological polar surface area (TPSA) is 26.3 Å². The van der Waals surface area contributed by atoms with Gasteiger partial charge in [-0.3, -0.25) is 4.79 Å². The molecule has 0 saturated carbocycles. The Morgan fingerprint density at radius 3 is 2.00 bits per heavy atom. The summed E-state index contributed by atoms with van der Waals surface area (Å²) in [6, 6.07) is 4.33. The highest BCUT2D eigenvalue weighted by molar-refractivity contribution is 9.09. The first-order valence-electron chi connectivity index (χ1n) is 4.65. The molecule has 1 unspecified atom stereocenters. The Bertz CT molecular complexity index is 383. The lowest BCUT2D eigenvalue weighted by molar-refractivity contribution is -0.137. The molecule has 1 aromatic rings. The van der Waals surface area contributed by atoms with Crippen LogP contribution in [0.3, 0.4) is 0 Å². The molecule has 2 nitrogen and oxygen atoms in total. The Hall–Kier alpha value is -0.880. The maximum atomic E-state index is 12.4. The minimum atomic E-state index is -4.39. The van der Waals surface area contributed by atoms with Gasteiger partial charge in [0.2, 0.25) is 0 Å².